The van der Waals surface area contributed by atoms with Crippen LogP contribution in [-0.4, -0.2) is 58.2 Å². The maximum Gasteiger partial charge on any atom is 0.451 e. The first kappa shape index (κ1) is 13.8. The van der Waals surface area contributed by atoms with Crippen molar-refractivity contribution in [3.8, 4) is 0 Å². The summed E-state index contributed by atoms with van der Waals surface area (Å²) in [6, 6.07) is 0. The van der Waals surface area contributed by atoms with Crippen molar-refractivity contribution in [1.29, 1.82) is 0 Å². The van der Waals surface area contributed by atoms with E-state index in [0.29, 0.717) is 0 Å². The van der Waals surface area contributed by atoms with Gasteiger partial charge in [0, 0.05) is 0 Å². The van der Waals surface area contributed by atoms with Gasteiger partial charge in [0.05, 0.1) is 0 Å². The fourth-order valence-electron chi connectivity index (χ4n) is 1.26. The Morgan fingerprint density at radius 1 is 0.786 bits per heavy atom. The Balaban J connectivity index is 5.01. The third-order valence-electron chi connectivity index (χ3n) is 1.68. The molecule has 0 N–H and O–H groups in total. The third-order valence-corrected chi connectivity index (χ3v) is 4.61. The Labute approximate surface area is 81.0 Å². The van der Waals surface area contributed by atoms with Crippen molar-refractivity contribution in [2.75, 3.05) is 28.2 Å². The normalized spacial score (nSPS) is 14.6. The van der Waals surface area contributed by atoms with Gasteiger partial charge in [0.2, 0.25) is 0 Å². The predicted molar refractivity (Wildman–Crippen MR) is 45.5 cm³/mol. The molecular formula is C6H13F5N2Si. The average molecular weight is 236 g/mol. The second-order valence-electron chi connectivity index (χ2n) is 3.42. The first-order valence-electron chi connectivity index (χ1n) is 3.79. The molecule has 0 unspecified atom stereocenters. The van der Waals surface area contributed by atoms with Gasteiger partial charge in [-0.3, -0.25) is 0 Å². The number of hydrogen-bond donors (Lipinski definition) is 0. The Morgan fingerprint density at radius 2 is 1.07 bits per heavy atom. The Kier molecular flexibility index (Phi) is 4.05. The zero-order chi connectivity index (χ0) is 11.7. The molecular weight excluding hydrogens is 223 g/mol. The minimum Gasteiger partial charge on any atom is -0.315 e. The SMILES string of the molecule is CN(C)[SiH](N(C)C)C(F)(F)C(F)(F)F. The summed E-state index contributed by atoms with van der Waals surface area (Å²) < 4.78 is 63.9. The smallest absolute Gasteiger partial charge is 0.315 e. The van der Waals surface area contributed by atoms with Crippen LogP contribution in [0.1, 0.15) is 0 Å². The van der Waals surface area contributed by atoms with Crippen molar-refractivity contribution in [3.05, 3.63) is 0 Å². The van der Waals surface area contributed by atoms with Gasteiger partial charge in [0.25, 0.3) is 9.12 Å². The molecule has 0 aliphatic rings. The van der Waals surface area contributed by atoms with Crippen LogP contribution in [0.2, 0.25) is 0 Å². The van der Waals surface area contributed by atoms with Gasteiger partial charge in [-0.2, -0.15) is 22.0 Å². The molecule has 0 aliphatic heterocycles. The molecule has 0 bridgehead atoms. The molecule has 0 fully saturated rings. The molecule has 0 aromatic carbocycles. The summed E-state index contributed by atoms with van der Waals surface area (Å²) in [6.45, 7) is 0. The van der Waals surface area contributed by atoms with Crippen LogP contribution in [0.4, 0.5) is 22.0 Å². The zero-order valence-electron chi connectivity index (χ0n) is 8.36. The molecule has 2 nitrogen and oxygen atoms in total. The highest BCUT2D eigenvalue weighted by molar-refractivity contribution is 6.55. The fraction of sp³-hybridized carbons (Fsp3) is 1.00. The Bertz CT molecular complexity index is 183. The van der Waals surface area contributed by atoms with Crippen LogP contribution in [0.3, 0.4) is 0 Å². The molecule has 0 saturated heterocycles. The lowest BCUT2D eigenvalue weighted by molar-refractivity contribution is -0.250. The molecule has 0 aromatic heterocycles. The summed E-state index contributed by atoms with van der Waals surface area (Å²) in [6.07, 6.45) is -5.47. The van der Waals surface area contributed by atoms with Crippen molar-refractivity contribution in [3.63, 3.8) is 0 Å². The van der Waals surface area contributed by atoms with Crippen LogP contribution < -0.4 is 0 Å². The van der Waals surface area contributed by atoms with Crippen molar-refractivity contribution < 1.29 is 22.0 Å². The van der Waals surface area contributed by atoms with E-state index in [1.54, 1.807) is 0 Å². The van der Waals surface area contributed by atoms with Crippen LogP contribution in [0, 0.1) is 0 Å². The monoisotopic (exact) mass is 236 g/mol. The maximum atomic E-state index is 12.9. The van der Waals surface area contributed by atoms with Crippen molar-refractivity contribution in [2.45, 2.75) is 11.7 Å². The standard InChI is InChI=1S/C6H13F5N2Si/c1-12(2)14(13(3)4)6(10,11)5(7,8)9/h14H,1-4H3. The molecule has 0 amide bonds. The number of halogens is 5. The Morgan fingerprint density at radius 3 is 1.14 bits per heavy atom. The topological polar surface area (TPSA) is 6.48 Å². The zero-order valence-corrected chi connectivity index (χ0v) is 9.52. The van der Waals surface area contributed by atoms with Crippen LogP contribution in [0.25, 0.3) is 0 Å². The molecule has 0 saturated carbocycles. The summed E-state index contributed by atoms with van der Waals surface area (Å²) in [5, 5.41) is 0. The van der Waals surface area contributed by atoms with Crippen LogP contribution in [0.5, 0.6) is 0 Å². The molecule has 0 atom stereocenters. The Hall–Kier alpha value is -0.213. The van der Waals surface area contributed by atoms with Gasteiger partial charge >= 0.3 is 11.7 Å². The third kappa shape index (κ3) is 2.64. The average Bonchev–Trinajstić information content (AvgIpc) is 1.79. The van der Waals surface area contributed by atoms with Crippen LogP contribution >= 0.6 is 0 Å². The second-order valence-corrected chi connectivity index (χ2v) is 6.96. The molecule has 0 aliphatic carbocycles. The van der Waals surface area contributed by atoms with E-state index in [1.807, 2.05) is 0 Å². The summed E-state index contributed by atoms with van der Waals surface area (Å²) in [5.74, 6) is 0. The molecule has 0 heterocycles. The summed E-state index contributed by atoms with van der Waals surface area (Å²) >= 11 is 0. The van der Waals surface area contributed by atoms with Gasteiger partial charge in [0.1, 0.15) is 0 Å². The van der Waals surface area contributed by atoms with Gasteiger partial charge in [-0.15, -0.1) is 0 Å². The number of hydrogen-bond acceptors (Lipinski definition) is 2. The van der Waals surface area contributed by atoms with Gasteiger partial charge in [0.15, 0.2) is 0 Å². The molecule has 0 aromatic rings. The summed E-state index contributed by atoms with van der Waals surface area (Å²) in [4.78, 5) is 0. The van der Waals surface area contributed by atoms with Crippen LogP contribution in [-0.2, 0) is 0 Å². The molecule has 86 valence electrons. The van der Waals surface area contributed by atoms with E-state index in [-0.39, 0.29) is 0 Å². The van der Waals surface area contributed by atoms with E-state index in [9.17, 15) is 22.0 Å². The summed E-state index contributed by atoms with van der Waals surface area (Å²) in [7, 11) is 1.42. The maximum absolute atomic E-state index is 12.9. The largest absolute Gasteiger partial charge is 0.451 e. The van der Waals surface area contributed by atoms with Gasteiger partial charge < -0.3 is 9.13 Å². The van der Waals surface area contributed by atoms with E-state index >= 15 is 0 Å². The van der Waals surface area contributed by atoms with Gasteiger partial charge in [-0.05, 0) is 28.2 Å². The first-order chi connectivity index (χ1) is 6.01. The lowest BCUT2D eigenvalue weighted by Gasteiger charge is -2.35. The van der Waals surface area contributed by atoms with E-state index in [4.69, 9.17) is 0 Å². The minimum atomic E-state index is -5.47. The van der Waals surface area contributed by atoms with Crippen molar-refractivity contribution in [1.82, 2.24) is 9.13 Å². The molecule has 0 spiro atoms. The molecule has 0 radical (unpaired) electrons. The molecule has 14 heavy (non-hydrogen) atoms. The van der Waals surface area contributed by atoms with Crippen LogP contribution in [0.15, 0.2) is 0 Å². The summed E-state index contributed by atoms with van der Waals surface area (Å²) in [5.41, 5.74) is -4.61. The lowest BCUT2D eigenvalue weighted by Crippen LogP contribution is -2.64. The number of nitrogens with zero attached hydrogens (tertiary/aromatic N) is 2. The highest BCUT2D eigenvalue weighted by Gasteiger charge is 2.64. The quantitative estimate of drug-likeness (QED) is 0.534. The number of alkyl halides is 5. The second kappa shape index (κ2) is 4.11. The fourth-order valence-corrected chi connectivity index (χ4v) is 3.77. The predicted octanol–water partition coefficient (Wildman–Crippen LogP) is 1.07. The van der Waals surface area contributed by atoms with E-state index < -0.39 is 20.8 Å². The van der Waals surface area contributed by atoms with Crippen molar-refractivity contribution >= 4 is 9.12 Å². The van der Waals surface area contributed by atoms with Gasteiger partial charge in [-0.25, -0.2) is 0 Å². The first-order valence-corrected chi connectivity index (χ1v) is 5.40. The molecule has 8 heteroatoms. The number of rotatable bonds is 3. The van der Waals surface area contributed by atoms with Crippen molar-refractivity contribution in [2.24, 2.45) is 0 Å². The lowest BCUT2D eigenvalue weighted by atomic mass is 10.7. The minimum absolute atomic E-state index is 0.966. The van der Waals surface area contributed by atoms with Gasteiger partial charge in [-0.1, -0.05) is 0 Å². The van der Waals surface area contributed by atoms with E-state index in [2.05, 4.69) is 0 Å². The molecule has 0 rings (SSSR count). The highest BCUT2D eigenvalue weighted by Crippen LogP contribution is 2.38. The highest BCUT2D eigenvalue weighted by atomic mass is 28.3. The van der Waals surface area contributed by atoms with E-state index in [0.717, 1.165) is 9.13 Å². The van der Waals surface area contributed by atoms with E-state index in [1.165, 1.54) is 28.2 Å².